The first-order chi connectivity index (χ1) is 7.69. The summed E-state index contributed by atoms with van der Waals surface area (Å²) in [5.41, 5.74) is 1.19. The van der Waals surface area contributed by atoms with Crippen molar-refractivity contribution in [3.8, 4) is 5.75 Å². The van der Waals surface area contributed by atoms with Crippen molar-refractivity contribution in [2.45, 2.75) is 13.5 Å². The Hall–Kier alpha value is -0.100. The molecule has 3 nitrogen and oxygen atoms in total. The highest BCUT2D eigenvalue weighted by molar-refractivity contribution is 9.11. The summed E-state index contributed by atoms with van der Waals surface area (Å²) in [6.45, 7) is 3.67. The molecule has 90 valence electrons. The summed E-state index contributed by atoms with van der Waals surface area (Å²) in [7, 11) is 1.92. The summed E-state index contributed by atoms with van der Waals surface area (Å²) in [6, 6.07) is 4.06. The second kappa shape index (κ2) is 7.27. The third-order valence-corrected chi connectivity index (χ3v) is 3.11. The molecule has 0 spiro atoms. The van der Waals surface area contributed by atoms with Gasteiger partial charge in [-0.1, -0.05) is 0 Å². The lowest BCUT2D eigenvalue weighted by Crippen LogP contribution is -2.06. The number of halogens is 2. The number of benzene rings is 1. The molecule has 0 aliphatic heterocycles. The zero-order valence-electron chi connectivity index (χ0n) is 9.35. The molecule has 0 radical (unpaired) electrons. The van der Waals surface area contributed by atoms with Gasteiger partial charge in [-0.15, -0.1) is 0 Å². The summed E-state index contributed by atoms with van der Waals surface area (Å²) in [5.74, 6) is 0.772. The van der Waals surface area contributed by atoms with Crippen LogP contribution in [-0.4, -0.2) is 20.4 Å². The second-order valence-corrected chi connectivity index (χ2v) is 4.88. The minimum atomic E-state index is 0.263. The average Bonchev–Trinajstić information content (AvgIpc) is 2.23. The van der Waals surface area contributed by atoms with Crippen molar-refractivity contribution < 1.29 is 9.47 Å². The zero-order chi connectivity index (χ0) is 12.0. The van der Waals surface area contributed by atoms with Gasteiger partial charge < -0.3 is 14.8 Å². The van der Waals surface area contributed by atoms with Gasteiger partial charge in [0, 0.05) is 13.2 Å². The molecule has 0 fully saturated rings. The fourth-order valence-corrected chi connectivity index (χ4v) is 2.75. The molecule has 0 bridgehead atoms. The van der Waals surface area contributed by atoms with Crippen LogP contribution in [0.3, 0.4) is 0 Å². The van der Waals surface area contributed by atoms with Crippen molar-refractivity contribution in [3.63, 3.8) is 0 Å². The van der Waals surface area contributed by atoms with Gasteiger partial charge in [-0.2, -0.15) is 0 Å². The van der Waals surface area contributed by atoms with Crippen LogP contribution in [-0.2, 0) is 11.3 Å². The fraction of sp³-hybridized carbons (Fsp3) is 0.455. The molecule has 1 aromatic carbocycles. The topological polar surface area (TPSA) is 30.5 Å². The van der Waals surface area contributed by atoms with Crippen molar-refractivity contribution in [1.82, 2.24) is 5.32 Å². The van der Waals surface area contributed by atoms with Crippen molar-refractivity contribution >= 4 is 31.9 Å². The highest BCUT2D eigenvalue weighted by atomic mass is 79.9. The maximum absolute atomic E-state index is 5.50. The van der Waals surface area contributed by atoms with Gasteiger partial charge in [0.25, 0.3) is 0 Å². The van der Waals surface area contributed by atoms with E-state index in [1.165, 1.54) is 5.56 Å². The molecule has 1 rings (SSSR count). The molecule has 5 heteroatoms. The Labute approximate surface area is 113 Å². The minimum Gasteiger partial charge on any atom is -0.465 e. The van der Waals surface area contributed by atoms with E-state index >= 15 is 0 Å². The maximum atomic E-state index is 5.50. The molecule has 0 heterocycles. The van der Waals surface area contributed by atoms with Gasteiger partial charge in [0.15, 0.2) is 12.5 Å². The smallest absolute Gasteiger partial charge is 0.189 e. The van der Waals surface area contributed by atoms with Crippen LogP contribution in [0, 0.1) is 0 Å². The van der Waals surface area contributed by atoms with Crippen molar-refractivity contribution in [3.05, 3.63) is 26.6 Å². The van der Waals surface area contributed by atoms with Gasteiger partial charge in [0.2, 0.25) is 0 Å². The molecule has 0 amide bonds. The Kier molecular flexibility index (Phi) is 6.34. The van der Waals surface area contributed by atoms with E-state index in [9.17, 15) is 0 Å². The van der Waals surface area contributed by atoms with Crippen LogP contribution in [0.15, 0.2) is 21.1 Å². The Morgan fingerprint density at radius 1 is 1.25 bits per heavy atom. The summed E-state index contributed by atoms with van der Waals surface area (Å²) in [4.78, 5) is 0. The van der Waals surface area contributed by atoms with Crippen LogP contribution in [0.5, 0.6) is 5.75 Å². The SMILES string of the molecule is CCOCOc1c(Br)cc(CNC)cc1Br. The molecule has 16 heavy (non-hydrogen) atoms. The molecule has 1 N–H and O–H groups in total. The van der Waals surface area contributed by atoms with E-state index in [1.54, 1.807) is 0 Å². The number of rotatable bonds is 6. The van der Waals surface area contributed by atoms with Crippen LogP contribution in [0.1, 0.15) is 12.5 Å². The Morgan fingerprint density at radius 3 is 2.38 bits per heavy atom. The van der Waals surface area contributed by atoms with E-state index in [1.807, 2.05) is 26.1 Å². The molecule has 0 atom stereocenters. The Morgan fingerprint density at radius 2 is 1.88 bits per heavy atom. The van der Waals surface area contributed by atoms with E-state index in [-0.39, 0.29) is 6.79 Å². The average molecular weight is 353 g/mol. The number of hydrogen-bond acceptors (Lipinski definition) is 3. The second-order valence-electron chi connectivity index (χ2n) is 3.17. The first kappa shape index (κ1) is 14.0. The molecular formula is C11H15Br2NO2. The molecule has 0 saturated heterocycles. The van der Waals surface area contributed by atoms with Crippen molar-refractivity contribution in [2.24, 2.45) is 0 Å². The molecule has 0 aliphatic carbocycles. The van der Waals surface area contributed by atoms with E-state index in [0.29, 0.717) is 6.61 Å². The number of nitrogens with one attached hydrogen (secondary N) is 1. The first-order valence-electron chi connectivity index (χ1n) is 5.02. The fourth-order valence-electron chi connectivity index (χ4n) is 1.24. The molecule has 0 saturated carbocycles. The molecular weight excluding hydrogens is 338 g/mol. The lowest BCUT2D eigenvalue weighted by molar-refractivity contribution is 0.0215. The summed E-state index contributed by atoms with van der Waals surface area (Å²) < 4.78 is 12.5. The maximum Gasteiger partial charge on any atom is 0.189 e. The van der Waals surface area contributed by atoms with Gasteiger partial charge in [0.05, 0.1) is 8.95 Å². The van der Waals surface area contributed by atoms with Gasteiger partial charge in [-0.3, -0.25) is 0 Å². The predicted molar refractivity (Wildman–Crippen MR) is 71.7 cm³/mol. The van der Waals surface area contributed by atoms with Crippen LogP contribution in [0.2, 0.25) is 0 Å². The monoisotopic (exact) mass is 351 g/mol. The van der Waals surface area contributed by atoms with Crippen molar-refractivity contribution in [2.75, 3.05) is 20.4 Å². The number of hydrogen-bond donors (Lipinski definition) is 1. The third-order valence-electron chi connectivity index (χ3n) is 1.93. The standard InChI is InChI=1S/C11H15Br2NO2/c1-3-15-7-16-11-9(12)4-8(6-14-2)5-10(11)13/h4-5,14H,3,6-7H2,1-2H3. The lowest BCUT2D eigenvalue weighted by Gasteiger charge is -2.11. The van der Waals surface area contributed by atoms with Crippen LogP contribution in [0.4, 0.5) is 0 Å². The summed E-state index contributed by atoms with van der Waals surface area (Å²) in [5, 5.41) is 3.10. The van der Waals surface area contributed by atoms with Crippen LogP contribution in [0.25, 0.3) is 0 Å². The van der Waals surface area contributed by atoms with Crippen LogP contribution >= 0.6 is 31.9 Å². The third kappa shape index (κ3) is 4.05. The van der Waals surface area contributed by atoms with Gasteiger partial charge in [0.1, 0.15) is 0 Å². The van der Waals surface area contributed by atoms with E-state index < -0.39 is 0 Å². The van der Waals surface area contributed by atoms with Gasteiger partial charge in [-0.05, 0) is 63.5 Å². The Balaban J connectivity index is 2.77. The molecule has 1 aromatic rings. The summed E-state index contributed by atoms with van der Waals surface area (Å²) >= 11 is 6.96. The van der Waals surface area contributed by atoms with Crippen LogP contribution < -0.4 is 10.1 Å². The minimum absolute atomic E-state index is 0.263. The number of ether oxygens (including phenoxy) is 2. The predicted octanol–water partition coefficient (Wildman–Crippen LogP) is 3.30. The van der Waals surface area contributed by atoms with E-state index in [0.717, 1.165) is 21.2 Å². The Bertz CT molecular complexity index is 322. The van der Waals surface area contributed by atoms with E-state index in [2.05, 4.69) is 37.2 Å². The largest absolute Gasteiger partial charge is 0.465 e. The molecule has 0 aliphatic rings. The normalized spacial score (nSPS) is 10.5. The van der Waals surface area contributed by atoms with Crippen molar-refractivity contribution in [1.29, 1.82) is 0 Å². The highest BCUT2D eigenvalue weighted by Crippen LogP contribution is 2.34. The molecule has 0 unspecified atom stereocenters. The van der Waals surface area contributed by atoms with Gasteiger partial charge >= 0.3 is 0 Å². The summed E-state index contributed by atoms with van der Waals surface area (Å²) in [6.07, 6.45) is 0. The lowest BCUT2D eigenvalue weighted by atomic mass is 10.2. The highest BCUT2D eigenvalue weighted by Gasteiger charge is 2.08. The quantitative estimate of drug-likeness (QED) is 0.629. The van der Waals surface area contributed by atoms with E-state index in [4.69, 9.17) is 9.47 Å². The first-order valence-corrected chi connectivity index (χ1v) is 6.60. The zero-order valence-corrected chi connectivity index (χ0v) is 12.5. The molecule has 0 aromatic heterocycles. The van der Waals surface area contributed by atoms with Gasteiger partial charge in [-0.25, -0.2) is 0 Å².